The fourth-order valence-corrected chi connectivity index (χ4v) is 2.98. The van der Waals surface area contributed by atoms with Crippen molar-refractivity contribution in [2.45, 2.75) is 45.1 Å². The van der Waals surface area contributed by atoms with E-state index in [1.807, 2.05) is 19.1 Å². The van der Waals surface area contributed by atoms with Crippen molar-refractivity contribution in [3.05, 3.63) is 35.6 Å². The molecule has 1 N–H and O–H groups in total. The van der Waals surface area contributed by atoms with Crippen molar-refractivity contribution in [2.75, 3.05) is 13.2 Å². The number of carbonyl (C=O) groups is 1. The van der Waals surface area contributed by atoms with Crippen LogP contribution in [0.5, 0.6) is 0 Å². The van der Waals surface area contributed by atoms with Gasteiger partial charge in [0, 0.05) is 19.1 Å². The summed E-state index contributed by atoms with van der Waals surface area (Å²) in [5.74, 6) is 0.317. The molecule has 1 aromatic rings. The molecule has 0 bridgehead atoms. The number of ether oxygens (including phenoxy) is 1. The van der Waals surface area contributed by atoms with E-state index in [0.717, 1.165) is 31.2 Å². The summed E-state index contributed by atoms with van der Waals surface area (Å²) < 4.78 is 18.1. The SMILES string of the molecule is CCOCCC(=O)N[C@@H]1CCC[C@@H]1Cc1ccc(F)cc1. The van der Waals surface area contributed by atoms with Gasteiger partial charge in [-0.3, -0.25) is 4.79 Å². The molecule has 0 unspecified atom stereocenters. The summed E-state index contributed by atoms with van der Waals surface area (Å²) in [5, 5.41) is 3.13. The molecule has 4 heteroatoms. The molecule has 3 nitrogen and oxygen atoms in total. The molecule has 0 aliphatic heterocycles. The molecule has 1 fully saturated rings. The van der Waals surface area contributed by atoms with Crippen molar-refractivity contribution >= 4 is 5.91 Å². The lowest BCUT2D eigenvalue weighted by Gasteiger charge is -2.21. The summed E-state index contributed by atoms with van der Waals surface area (Å²) in [6, 6.07) is 6.91. The summed E-state index contributed by atoms with van der Waals surface area (Å²) in [5.41, 5.74) is 1.14. The number of rotatable bonds is 7. The van der Waals surface area contributed by atoms with Crippen LogP contribution in [-0.2, 0) is 16.0 Å². The lowest BCUT2D eigenvalue weighted by molar-refractivity contribution is -0.123. The highest BCUT2D eigenvalue weighted by molar-refractivity contribution is 5.76. The molecular weight excluding hydrogens is 269 g/mol. The minimum atomic E-state index is -0.203. The van der Waals surface area contributed by atoms with Crippen molar-refractivity contribution in [2.24, 2.45) is 5.92 Å². The molecule has 0 heterocycles. The summed E-state index contributed by atoms with van der Waals surface area (Å²) in [6.45, 7) is 3.05. The highest BCUT2D eigenvalue weighted by Crippen LogP contribution is 2.29. The first-order valence-corrected chi connectivity index (χ1v) is 7.80. The Morgan fingerprint density at radius 1 is 1.33 bits per heavy atom. The van der Waals surface area contributed by atoms with E-state index in [9.17, 15) is 9.18 Å². The summed E-state index contributed by atoms with van der Waals surface area (Å²) >= 11 is 0. The van der Waals surface area contributed by atoms with Gasteiger partial charge >= 0.3 is 0 Å². The van der Waals surface area contributed by atoms with E-state index in [0.29, 0.717) is 25.6 Å². The summed E-state index contributed by atoms with van der Waals surface area (Å²) in [6.07, 6.45) is 4.62. The molecule has 116 valence electrons. The maximum absolute atomic E-state index is 12.9. The second-order valence-corrected chi connectivity index (χ2v) is 5.64. The number of benzene rings is 1. The summed E-state index contributed by atoms with van der Waals surface area (Å²) in [4.78, 5) is 11.9. The number of nitrogens with one attached hydrogen (secondary N) is 1. The third-order valence-electron chi connectivity index (χ3n) is 4.09. The average Bonchev–Trinajstić information content (AvgIpc) is 2.89. The molecule has 2 rings (SSSR count). The molecule has 1 amide bonds. The average molecular weight is 293 g/mol. The maximum atomic E-state index is 12.9. The predicted molar refractivity (Wildman–Crippen MR) is 80.5 cm³/mol. The van der Waals surface area contributed by atoms with Crippen LogP contribution in [0.4, 0.5) is 4.39 Å². The van der Waals surface area contributed by atoms with Gasteiger partial charge in [-0.25, -0.2) is 4.39 Å². The number of halogens is 1. The molecule has 2 atom stereocenters. The molecule has 21 heavy (non-hydrogen) atoms. The van der Waals surface area contributed by atoms with Crippen LogP contribution in [0.2, 0.25) is 0 Å². The van der Waals surface area contributed by atoms with Crippen LogP contribution >= 0.6 is 0 Å². The van der Waals surface area contributed by atoms with E-state index in [1.165, 1.54) is 12.1 Å². The Morgan fingerprint density at radius 3 is 2.81 bits per heavy atom. The maximum Gasteiger partial charge on any atom is 0.222 e. The number of carbonyl (C=O) groups excluding carboxylic acids is 1. The smallest absolute Gasteiger partial charge is 0.222 e. The molecule has 0 spiro atoms. The van der Waals surface area contributed by atoms with E-state index < -0.39 is 0 Å². The van der Waals surface area contributed by atoms with Gasteiger partial charge in [-0.05, 0) is 49.8 Å². The lowest BCUT2D eigenvalue weighted by atomic mass is 9.94. The van der Waals surface area contributed by atoms with Gasteiger partial charge < -0.3 is 10.1 Å². The van der Waals surface area contributed by atoms with Gasteiger partial charge in [-0.2, -0.15) is 0 Å². The number of amides is 1. The minimum Gasteiger partial charge on any atom is -0.381 e. The third kappa shape index (κ3) is 5.12. The van der Waals surface area contributed by atoms with Crippen LogP contribution in [0, 0.1) is 11.7 Å². The molecular formula is C17H24FNO2. The predicted octanol–water partition coefficient (Wildman–Crippen LogP) is 3.08. The fourth-order valence-electron chi connectivity index (χ4n) is 2.98. The minimum absolute atomic E-state index is 0.0689. The van der Waals surface area contributed by atoms with E-state index >= 15 is 0 Å². The molecule has 0 radical (unpaired) electrons. The Morgan fingerprint density at radius 2 is 2.10 bits per heavy atom. The molecule has 1 saturated carbocycles. The van der Waals surface area contributed by atoms with E-state index in [2.05, 4.69) is 5.32 Å². The second-order valence-electron chi connectivity index (χ2n) is 5.64. The second kappa shape index (κ2) is 8.13. The first kappa shape index (κ1) is 16.0. The largest absolute Gasteiger partial charge is 0.381 e. The Hall–Kier alpha value is -1.42. The van der Waals surface area contributed by atoms with Crippen LogP contribution in [0.25, 0.3) is 0 Å². The van der Waals surface area contributed by atoms with Crippen LogP contribution < -0.4 is 5.32 Å². The zero-order valence-corrected chi connectivity index (χ0v) is 12.6. The van der Waals surface area contributed by atoms with Crippen molar-refractivity contribution in [1.29, 1.82) is 0 Å². The fraction of sp³-hybridized carbons (Fsp3) is 0.588. The molecule has 0 saturated heterocycles. The van der Waals surface area contributed by atoms with Gasteiger partial charge in [-0.1, -0.05) is 18.6 Å². The van der Waals surface area contributed by atoms with Crippen molar-refractivity contribution < 1.29 is 13.9 Å². The molecule has 0 aromatic heterocycles. The van der Waals surface area contributed by atoms with Gasteiger partial charge in [0.1, 0.15) is 5.82 Å². The highest BCUT2D eigenvalue weighted by Gasteiger charge is 2.28. The normalized spacial score (nSPS) is 21.4. The Labute approximate surface area is 125 Å². The first-order chi connectivity index (χ1) is 10.2. The van der Waals surface area contributed by atoms with E-state index in [1.54, 1.807) is 0 Å². The number of hydrogen-bond acceptors (Lipinski definition) is 2. The molecule has 1 aromatic carbocycles. The third-order valence-corrected chi connectivity index (χ3v) is 4.09. The first-order valence-electron chi connectivity index (χ1n) is 7.80. The van der Waals surface area contributed by atoms with E-state index in [-0.39, 0.29) is 17.8 Å². The van der Waals surface area contributed by atoms with Gasteiger partial charge in [-0.15, -0.1) is 0 Å². The highest BCUT2D eigenvalue weighted by atomic mass is 19.1. The van der Waals surface area contributed by atoms with Crippen molar-refractivity contribution in [1.82, 2.24) is 5.32 Å². The lowest BCUT2D eigenvalue weighted by Crippen LogP contribution is -2.38. The van der Waals surface area contributed by atoms with Gasteiger partial charge in [0.15, 0.2) is 0 Å². The Bertz CT molecular complexity index is 447. The zero-order valence-electron chi connectivity index (χ0n) is 12.6. The van der Waals surface area contributed by atoms with Crippen LogP contribution in [0.1, 0.15) is 38.2 Å². The Kier molecular flexibility index (Phi) is 6.18. The number of hydrogen-bond donors (Lipinski definition) is 1. The summed E-state index contributed by atoms with van der Waals surface area (Å²) in [7, 11) is 0. The topological polar surface area (TPSA) is 38.3 Å². The van der Waals surface area contributed by atoms with Gasteiger partial charge in [0.25, 0.3) is 0 Å². The monoisotopic (exact) mass is 293 g/mol. The van der Waals surface area contributed by atoms with Crippen LogP contribution in [0.15, 0.2) is 24.3 Å². The van der Waals surface area contributed by atoms with Gasteiger partial charge in [0.05, 0.1) is 6.61 Å². The van der Waals surface area contributed by atoms with Crippen LogP contribution in [-0.4, -0.2) is 25.2 Å². The van der Waals surface area contributed by atoms with Gasteiger partial charge in [0.2, 0.25) is 5.91 Å². The quantitative estimate of drug-likeness (QED) is 0.785. The van der Waals surface area contributed by atoms with Crippen LogP contribution in [0.3, 0.4) is 0 Å². The van der Waals surface area contributed by atoms with E-state index in [4.69, 9.17) is 4.74 Å². The van der Waals surface area contributed by atoms with Crippen molar-refractivity contribution in [3.63, 3.8) is 0 Å². The zero-order chi connectivity index (χ0) is 15.1. The molecule has 1 aliphatic carbocycles. The Balaban J connectivity index is 1.82. The molecule has 1 aliphatic rings. The van der Waals surface area contributed by atoms with Crippen molar-refractivity contribution in [3.8, 4) is 0 Å². The standard InChI is InChI=1S/C17H24FNO2/c1-2-21-11-10-17(20)19-16-5-3-4-14(16)12-13-6-8-15(18)9-7-13/h6-9,14,16H,2-5,10-12H2,1H3,(H,19,20)/t14-,16-/m1/s1.